The van der Waals surface area contributed by atoms with Crippen molar-refractivity contribution in [1.82, 2.24) is 0 Å². The van der Waals surface area contributed by atoms with E-state index in [0.29, 0.717) is 23.4 Å². The number of rotatable bonds is 5. The van der Waals surface area contributed by atoms with Crippen molar-refractivity contribution in [3.63, 3.8) is 0 Å². The molecule has 27 heavy (non-hydrogen) atoms. The summed E-state index contributed by atoms with van der Waals surface area (Å²) in [6, 6.07) is 15.6. The molecule has 0 saturated heterocycles. The Hall–Kier alpha value is -3.41. The highest BCUT2D eigenvalue weighted by molar-refractivity contribution is 6.10. The summed E-state index contributed by atoms with van der Waals surface area (Å²) in [7, 11) is 0. The van der Waals surface area contributed by atoms with Crippen LogP contribution in [0, 0.1) is 11.8 Å². The molecule has 6 heteroatoms. The molecule has 1 aliphatic carbocycles. The summed E-state index contributed by atoms with van der Waals surface area (Å²) in [4.78, 5) is 36.5. The maximum Gasteiger partial charge on any atom is 0.257 e. The van der Waals surface area contributed by atoms with E-state index in [9.17, 15) is 19.5 Å². The molecule has 2 atom stereocenters. The normalized spacial score (nSPS) is 18.5. The molecule has 2 aromatic rings. The molecule has 0 aromatic heterocycles. The predicted octanol–water partition coefficient (Wildman–Crippen LogP) is 2.21. The first-order valence-electron chi connectivity index (χ1n) is 8.68. The van der Waals surface area contributed by atoms with Gasteiger partial charge in [0, 0.05) is 17.6 Å². The van der Waals surface area contributed by atoms with Gasteiger partial charge in [-0.25, -0.2) is 0 Å². The summed E-state index contributed by atoms with van der Waals surface area (Å²) in [5.74, 6) is -3.65. The number of carbonyl (C=O) groups is 3. The van der Waals surface area contributed by atoms with Crippen LogP contribution in [0.1, 0.15) is 23.2 Å². The Labute approximate surface area is 156 Å². The first kappa shape index (κ1) is 18.4. The van der Waals surface area contributed by atoms with Crippen LogP contribution in [0.2, 0.25) is 0 Å². The number of nitrogens with one attached hydrogen (secondary N) is 2. The quantitative estimate of drug-likeness (QED) is 0.796. The van der Waals surface area contributed by atoms with E-state index >= 15 is 0 Å². The molecule has 2 aromatic carbocycles. The number of anilines is 2. The maximum absolute atomic E-state index is 12.6. The summed E-state index contributed by atoms with van der Waals surface area (Å²) >= 11 is 0. The lowest BCUT2D eigenvalue weighted by atomic mass is 9.82. The van der Waals surface area contributed by atoms with Crippen LogP contribution >= 0.6 is 0 Å². The highest BCUT2D eigenvalue weighted by Crippen LogP contribution is 2.27. The molecular weight excluding hydrogens is 344 g/mol. The summed E-state index contributed by atoms with van der Waals surface area (Å²) in [5.41, 5.74) is 1.27. The molecule has 0 fully saturated rings. The van der Waals surface area contributed by atoms with Crippen LogP contribution in [-0.2, 0) is 9.59 Å². The Morgan fingerprint density at radius 1 is 0.815 bits per heavy atom. The van der Waals surface area contributed by atoms with E-state index in [1.54, 1.807) is 60.7 Å². The first-order chi connectivity index (χ1) is 13.1. The molecule has 0 bridgehead atoms. The van der Waals surface area contributed by atoms with Gasteiger partial charge >= 0.3 is 0 Å². The molecular formula is C21H19N2O4-. The van der Waals surface area contributed by atoms with E-state index in [1.165, 1.54) is 0 Å². The number of carbonyl (C=O) groups excluding carboxylic acids is 3. The average molecular weight is 363 g/mol. The van der Waals surface area contributed by atoms with Crippen LogP contribution in [-0.4, -0.2) is 17.8 Å². The summed E-state index contributed by atoms with van der Waals surface area (Å²) < 4.78 is 0. The minimum atomic E-state index is -1.24. The highest BCUT2D eigenvalue weighted by atomic mass is 16.4. The van der Waals surface area contributed by atoms with E-state index in [4.69, 9.17) is 0 Å². The Balaban J connectivity index is 1.77. The minimum absolute atomic E-state index is 0.260. The van der Waals surface area contributed by atoms with Gasteiger partial charge in [0.25, 0.3) is 5.91 Å². The zero-order chi connectivity index (χ0) is 19.2. The fourth-order valence-electron chi connectivity index (χ4n) is 3.10. The van der Waals surface area contributed by atoms with E-state index in [2.05, 4.69) is 10.6 Å². The monoisotopic (exact) mass is 363 g/mol. The fourth-order valence-corrected chi connectivity index (χ4v) is 3.10. The van der Waals surface area contributed by atoms with Gasteiger partial charge in [-0.1, -0.05) is 42.5 Å². The third kappa shape index (κ3) is 4.41. The number of carboxylic acids is 1. The summed E-state index contributed by atoms with van der Waals surface area (Å²) in [6.45, 7) is 0. The molecule has 1 aliphatic rings. The van der Waals surface area contributed by atoms with Crippen molar-refractivity contribution in [1.29, 1.82) is 0 Å². The molecule has 3 rings (SSSR count). The summed E-state index contributed by atoms with van der Waals surface area (Å²) in [6.07, 6.45) is 4.11. The number of carboxylic acid groups (broad SMARTS) is 1. The number of para-hydroxylation sites is 2. The Morgan fingerprint density at radius 2 is 1.44 bits per heavy atom. The lowest BCUT2D eigenvalue weighted by Crippen LogP contribution is -2.41. The maximum atomic E-state index is 12.6. The number of hydrogen-bond acceptors (Lipinski definition) is 4. The van der Waals surface area contributed by atoms with Gasteiger partial charge in [-0.2, -0.15) is 0 Å². The molecule has 0 unspecified atom stereocenters. The van der Waals surface area contributed by atoms with Crippen molar-refractivity contribution in [2.75, 3.05) is 10.6 Å². The first-order valence-corrected chi connectivity index (χ1v) is 8.68. The van der Waals surface area contributed by atoms with Crippen LogP contribution in [0.15, 0.2) is 66.7 Å². The Bertz CT molecular complexity index is 877. The lowest BCUT2D eigenvalue weighted by molar-refractivity contribution is -0.313. The van der Waals surface area contributed by atoms with Crippen LogP contribution in [0.3, 0.4) is 0 Å². The molecule has 6 nitrogen and oxygen atoms in total. The van der Waals surface area contributed by atoms with Crippen molar-refractivity contribution in [3.8, 4) is 0 Å². The van der Waals surface area contributed by atoms with E-state index in [0.717, 1.165) is 0 Å². The number of allylic oxidation sites excluding steroid dienone is 2. The molecule has 2 N–H and O–H groups in total. The van der Waals surface area contributed by atoms with Gasteiger partial charge in [0.2, 0.25) is 5.91 Å². The second-order valence-corrected chi connectivity index (χ2v) is 6.33. The van der Waals surface area contributed by atoms with Gasteiger partial charge in [-0.05, 0) is 37.1 Å². The smallest absolute Gasteiger partial charge is 0.257 e. The van der Waals surface area contributed by atoms with Crippen LogP contribution in [0.5, 0.6) is 0 Å². The second-order valence-electron chi connectivity index (χ2n) is 6.33. The van der Waals surface area contributed by atoms with Crippen molar-refractivity contribution in [3.05, 3.63) is 72.3 Å². The summed E-state index contributed by atoms with van der Waals surface area (Å²) in [5, 5.41) is 16.8. The molecule has 0 radical (unpaired) electrons. The van der Waals surface area contributed by atoms with Gasteiger partial charge in [0.15, 0.2) is 0 Å². The topological polar surface area (TPSA) is 98.3 Å². The SMILES string of the molecule is O=C(Nc1ccccc1)c1ccccc1NC(=O)[C@@H]1CC=CC[C@H]1C(=O)[O-]. The van der Waals surface area contributed by atoms with Crippen molar-refractivity contribution in [2.45, 2.75) is 12.8 Å². The Morgan fingerprint density at radius 3 is 2.15 bits per heavy atom. The van der Waals surface area contributed by atoms with Crippen molar-refractivity contribution < 1.29 is 19.5 Å². The molecule has 138 valence electrons. The largest absolute Gasteiger partial charge is 0.550 e. The van der Waals surface area contributed by atoms with Gasteiger partial charge in [-0.15, -0.1) is 0 Å². The fraction of sp³-hybridized carbons (Fsp3) is 0.190. The molecule has 0 aliphatic heterocycles. The molecule has 0 heterocycles. The standard InChI is InChI=1S/C21H20N2O4/c24-19(15-10-4-5-11-16(15)21(26)27)23-18-13-7-6-12-17(18)20(25)22-14-8-2-1-3-9-14/h1-9,12-13,15-16H,10-11H2,(H,22,25)(H,23,24)(H,26,27)/p-1/t15-,16-/m1/s1. The minimum Gasteiger partial charge on any atom is -0.550 e. The highest BCUT2D eigenvalue weighted by Gasteiger charge is 2.30. The van der Waals surface area contributed by atoms with Crippen LogP contribution in [0.25, 0.3) is 0 Å². The van der Waals surface area contributed by atoms with E-state index in [-0.39, 0.29) is 12.3 Å². The number of aliphatic carboxylic acids is 1. The van der Waals surface area contributed by atoms with Gasteiger partial charge in [-0.3, -0.25) is 9.59 Å². The third-order valence-corrected chi connectivity index (χ3v) is 4.53. The van der Waals surface area contributed by atoms with Crippen LogP contribution < -0.4 is 15.7 Å². The number of hydrogen-bond donors (Lipinski definition) is 2. The van der Waals surface area contributed by atoms with Crippen molar-refractivity contribution in [2.24, 2.45) is 11.8 Å². The zero-order valence-corrected chi connectivity index (χ0v) is 14.6. The van der Waals surface area contributed by atoms with Crippen molar-refractivity contribution >= 4 is 29.2 Å². The van der Waals surface area contributed by atoms with Gasteiger partial charge in [0.05, 0.1) is 17.2 Å². The predicted molar refractivity (Wildman–Crippen MR) is 99.8 cm³/mol. The lowest BCUT2D eigenvalue weighted by Gasteiger charge is -2.28. The molecule has 0 saturated carbocycles. The molecule has 2 amide bonds. The third-order valence-electron chi connectivity index (χ3n) is 4.53. The van der Waals surface area contributed by atoms with Gasteiger partial charge < -0.3 is 20.5 Å². The van der Waals surface area contributed by atoms with E-state index < -0.39 is 23.7 Å². The van der Waals surface area contributed by atoms with E-state index in [1.807, 2.05) is 6.07 Å². The second kappa shape index (κ2) is 8.31. The molecule has 0 spiro atoms. The number of benzene rings is 2. The van der Waals surface area contributed by atoms with Gasteiger partial charge in [0.1, 0.15) is 0 Å². The number of amides is 2. The Kier molecular flexibility index (Phi) is 5.66. The van der Waals surface area contributed by atoms with Crippen LogP contribution in [0.4, 0.5) is 11.4 Å². The average Bonchev–Trinajstić information content (AvgIpc) is 2.69. The zero-order valence-electron chi connectivity index (χ0n) is 14.6.